The van der Waals surface area contributed by atoms with Gasteiger partial charge in [-0.25, -0.2) is 0 Å². The number of hydrogen-bond acceptors (Lipinski definition) is 1. The first-order chi connectivity index (χ1) is 11.4. The molecule has 0 aliphatic heterocycles. The first-order valence-electron chi connectivity index (χ1n) is 8.79. The van der Waals surface area contributed by atoms with Crippen LogP contribution >= 0.6 is 23.2 Å². The van der Waals surface area contributed by atoms with Gasteiger partial charge in [0.05, 0.1) is 0 Å². The Hall–Kier alpha value is -1.12. The van der Waals surface area contributed by atoms with E-state index in [1.54, 1.807) is 0 Å². The summed E-state index contributed by atoms with van der Waals surface area (Å²) in [6.07, 6.45) is 2.79. The van der Waals surface area contributed by atoms with Crippen LogP contribution in [0.25, 0.3) is 0 Å². The number of aromatic nitrogens is 1. The Bertz CT molecular complexity index is 713. The van der Waals surface area contributed by atoms with E-state index in [1.165, 1.54) is 5.56 Å². The van der Waals surface area contributed by atoms with Crippen LogP contribution in [0.2, 0.25) is 10.3 Å². The first-order valence-corrected chi connectivity index (χ1v) is 9.55. The van der Waals surface area contributed by atoms with E-state index in [0.29, 0.717) is 16.1 Å². The minimum Gasteiger partial charge on any atom is -0.507 e. The second-order valence-corrected chi connectivity index (χ2v) is 9.63. The SMILES string of the molecule is CC(C)(C)c1cc(CCCc2cc(Cl)[nH]c2Cl)cc(C(C)(C)C)c1O. The second kappa shape index (κ2) is 7.25. The van der Waals surface area contributed by atoms with Gasteiger partial charge in [-0.05, 0) is 58.4 Å². The van der Waals surface area contributed by atoms with Crippen molar-refractivity contribution >= 4 is 23.2 Å². The molecule has 1 aromatic heterocycles. The lowest BCUT2D eigenvalue weighted by molar-refractivity contribution is 0.422. The zero-order chi connectivity index (χ0) is 19.0. The second-order valence-electron chi connectivity index (χ2n) is 8.85. The van der Waals surface area contributed by atoms with Crippen molar-refractivity contribution in [3.63, 3.8) is 0 Å². The maximum atomic E-state index is 10.8. The highest BCUT2D eigenvalue weighted by Crippen LogP contribution is 2.40. The van der Waals surface area contributed by atoms with E-state index in [2.05, 4.69) is 58.7 Å². The molecule has 138 valence electrons. The van der Waals surface area contributed by atoms with Crippen LogP contribution in [0.3, 0.4) is 0 Å². The van der Waals surface area contributed by atoms with Gasteiger partial charge < -0.3 is 10.1 Å². The number of hydrogen-bond donors (Lipinski definition) is 2. The first kappa shape index (κ1) is 20.2. The fourth-order valence-electron chi connectivity index (χ4n) is 3.08. The lowest BCUT2D eigenvalue weighted by Gasteiger charge is -2.28. The molecule has 0 aliphatic carbocycles. The molecule has 0 bridgehead atoms. The van der Waals surface area contributed by atoms with E-state index < -0.39 is 0 Å². The Kier molecular flexibility index (Phi) is 5.85. The highest BCUT2D eigenvalue weighted by Gasteiger charge is 2.26. The molecule has 0 aliphatic rings. The molecule has 1 heterocycles. The average molecular weight is 382 g/mol. The van der Waals surface area contributed by atoms with Crippen molar-refractivity contribution in [2.75, 3.05) is 0 Å². The minimum absolute atomic E-state index is 0.0996. The van der Waals surface area contributed by atoms with Gasteiger partial charge in [0, 0.05) is 0 Å². The van der Waals surface area contributed by atoms with Crippen LogP contribution in [-0.4, -0.2) is 10.1 Å². The normalized spacial score (nSPS) is 12.6. The molecule has 0 radical (unpaired) electrons. The Morgan fingerprint density at radius 1 is 0.880 bits per heavy atom. The third-order valence-electron chi connectivity index (χ3n) is 4.51. The number of phenolic OH excluding ortho intramolecular Hbond substituents is 1. The predicted octanol–water partition coefficient (Wildman–Crippen LogP) is 6.80. The number of aromatic amines is 1. The average Bonchev–Trinajstić information content (AvgIpc) is 2.76. The number of H-pyrrole nitrogens is 1. The van der Waals surface area contributed by atoms with Crippen molar-refractivity contribution < 1.29 is 5.11 Å². The van der Waals surface area contributed by atoms with Crippen LogP contribution in [0.4, 0.5) is 0 Å². The largest absolute Gasteiger partial charge is 0.507 e. The van der Waals surface area contributed by atoms with Gasteiger partial charge in [0.1, 0.15) is 16.1 Å². The summed E-state index contributed by atoms with van der Waals surface area (Å²) in [6, 6.07) is 6.19. The van der Waals surface area contributed by atoms with E-state index in [4.69, 9.17) is 23.2 Å². The van der Waals surface area contributed by atoms with Gasteiger partial charge in [-0.2, -0.15) is 0 Å². The van der Waals surface area contributed by atoms with Crippen molar-refractivity contribution in [1.82, 2.24) is 4.98 Å². The zero-order valence-corrected chi connectivity index (χ0v) is 17.6. The maximum absolute atomic E-state index is 10.8. The molecule has 0 amide bonds. The number of aryl methyl sites for hydroxylation is 2. The van der Waals surface area contributed by atoms with Gasteiger partial charge in [-0.15, -0.1) is 0 Å². The highest BCUT2D eigenvalue weighted by molar-refractivity contribution is 6.33. The van der Waals surface area contributed by atoms with E-state index in [1.807, 2.05) is 6.07 Å². The molecule has 2 nitrogen and oxygen atoms in total. The van der Waals surface area contributed by atoms with Crippen molar-refractivity contribution in [2.45, 2.75) is 71.6 Å². The molecule has 4 heteroatoms. The molecular formula is C21H29Cl2NO. The van der Waals surface area contributed by atoms with Crippen LogP contribution in [0.15, 0.2) is 18.2 Å². The van der Waals surface area contributed by atoms with Crippen molar-refractivity contribution in [1.29, 1.82) is 0 Å². The summed E-state index contributed by atoms with van der Waals surface area (Å²) in [6.45, 7) is 12.8. The molecule has 2 aromatic rings. The summed E-state index contributed by atoms with van der Waals surface area (Å²) in [5, 5.41) is 12.0. The zero-order valence-electron chi connectivity index (χ0n) is 16.1. The molecular weight excluding hydrogens is 353 g/mol. The van der Waals surface area contributed by atoms with Gasteiger partial charge >= 0.3 is 0 Å². The summed E-state index contributed by atoms with van der Waals surface area (Å²) in [7, 11) is 0. The Morgan fingerprint density at radius 3 is 1.80 bits per heavy atom. The fourth-order valence-corrected chi connectivity index (χ4v) is 3.61. The van der Waals surface area contributed by atoms with Crippen LogP contribution in [0, 0.1) is 0 Å². The van der Waals surface area contributed by atoms with Crippen molar-refractivity contribution in [2.24, 2.45) is 0 Å². The van der Waals surface area contributed by atoms with Gasteiger partial charge in [0.2, 0.25) is 0 Å². The van der Waals surface area contributed by atoms with Crippen molar-refractivity contribution in [3.8, 4) is 5.75 Å². The van der Waals surface area contributed by atoms with E-state index >= 15 is 0 Å². The third kappa shape index (κ3) is 4.95. The molecule has 1 aromatic carbocycles. The molecule has 0 unspecified atom stereocenters. The van der Waals surface area contributed by atoms with Gasteiger partial charge in [0.25, 0.3) is 0 Å². The lowest BCUT2D eigenvalue weighted by Crippen LogP contribution is -2.18. The highest BCUT2D eigenvalue weighted by atomic mass is 35.5. The summed E-state index contributed by atoms with van der Waals surface area (Å²) < 4.78 is 0. The van der Waals surface area contributed by atoms with Gasteiger partial charge in [-0.3, -0.25) is 0 Å². The summed E-state index contributed by atoms with van der Waals surface area (Å²) in [4.78, 5) is 2.92. The van der Waals surface area contributed by atoms with Crippen LogP contribution < -0.4 is 0 Å². The van der Waals surface area contributed by atoms with Crippen molar-refractivity contribution in [3.05, 3.63) is 50.8 Å². The number of benzene rings is 1. The summed E-state index contributed by atoms with van der Waals surface area (Å²) in [5.41, 5.74) is 4.13. The number of aromatic hydroxyl groups is 1. The number of rotatable bonds is 4. The van der Waals surface area contributed by atoms with Gasteiger partial charge in [-0.1, -0.05) is 76.9 Å². The molecule has 2 N–H and O–H groups in total. The smallest absolute Gasteiger partial charge is 0.123 e. The molecule has 0 saturated carbocycles. The van der Waals surface area contributed by atoms with E-state index in [0.717, 1.165) is 36.0 Å². The van der Waals surface area contributed by atoms with Crippen LogP contribution in [0.5, 0.6) is 5.75 Å². The molecule has 25 heavy (non-hydrogen) atoms. The minimum atomic E-state index is -0.0996. The maximum Gasteiger partial charge on any atom is 0.123 e. The lowest BCUT2D eigenvalue weighted by atomic mass is 9.78. The summed E-state index contributed by atoms with van der Waals surface area (Å²) in [5.74, 6) is 0.434. The molecule has 0 fully saturated rings. The third-order valence-corrected chi connectivity index (χ3v) is 5.05. The quantitative estimate of drug-likeness (QED) is 0.599. The standard InChI is InChI=1S/C21H29Cl2NO/c1-20(2,3)15-10-13(11-16(18(15)25)21(4,5)6)8-7-9-14-12-17(22)24-19(14)23/h10-12,24-25H,7-9H2,1-6H3. The Morgan fingerprint density at radius 2 is 1.40 bits per heavy atom. The van der Waals surface area contributed by atoms with E-state index in [9.17, 15) is 5.11 Å². The molecule has 0 atom stereocenters. The molecule has 2 rings (SSSR count). The van der Waals surface area contributed by atoms with Crippen LogP contribution in [0.1, 0.15) is 70.2 Å². The topological polar surface area (TPSA) is 36.0 Å². The molecule has 0 spiro atoms. The fraction of sp³-hybridized carbons (Fsp3) is 0.524. The Balaban J connectivity index is 2.26. The molecule has 0 saturated heterocycles. The van der Waals surface area contributed by atoms with Gasteiger partial charge in [0.15, 0.2) is 0 Å². The number of halogens is 2. The van der Waals surface area contributed by atoms with Crippen LogP contribution in [-0.2, 0) is 23.7 Å². The summed E-state index contributed by atoms with van der Waals surface area (Å²) >= 11 is 12.1. The monoisotopic (exact) mass is 381 g/mol. The Labute approximate surface area is 161 Å². The van der Waals surface area contributed by atoms with E-state index in [-0.39, 0.29) is 10.8 Å². The number of phenols is 1. The number of nitrogens with one attached hydrogen (secondary N) is 1. The predicted molar refractivity (Wildman–Crippen MR) is 108 cm³/mol.